The van der Waals surface area contributed by atoms with E-state index in [1.54, 1.807) is 0 Å². The van der Waals surface area contributed by atoms with E-state index in [0.29, 0.717) is 5.56 Å². The number of ether oxygens (including phenoxy) is 2. The van der Waals surface area contributed by atoms with Crippen LogP contribution in [0.15, 0.2) is 70.6 Å². The molecule has 5 rings (SSSR count). The number of fused-ring (bicyclic) bond motifs is 2. The summed E-state index contributed by atoms with van der Waals surface area (Å²) in [6.45, 7) is 0. The molecule has 2 aromatic rings. The van der Waals surface area contributed by atoms with Crippen LogP contribution in [0.2, 0.25) is 0 Å². The van der Waals surface area contributed by atoms with E-state index in [0.717, 1.165) is 16.7 Å². The van der Waals surface area contributed by atoms with Gasteiger partial charge in [0.1, 0.15) is 5.92 Å². The first-order valence-corrected chi connectivity index (χ1v) is 9.58. The number of esters is 2. The average molecular weight is 402 g/mol. The van der Waals surface area contributed by atoms with Crippen LogP contribution in [0.25, 0.3) is 0 Å². The predicted octanol–water partition coefficient (Wildman–Crippen LogP) is 3.76. The van der Waals surface area contributed by atoms with Crippen molar-refractivity contribution in [3.05, 3.63) is 66.2 Å². The van der Waals surface area contributed by atoms with E-state index < -0.39 is 28.3 Å². The zero-order chi connectivity index (χ0) is 19.1. The largest absolute Gasteiger partial charge is 0.469 e. The lowest BCUT2D eigenvalue weighted by Crippen LogP contribution is -2.63. The number of aliphatic imine (C=N–C) groups is 1. The molecule has 3 heterocycles. The highest BCUT2D eigenvalue weighted by molar-refractivity contribution is 8.01. The number of halogens is 1. The third-order valence-electron chi connectivity index (χ3n) is 4.86. The fourth-order valence-corrected chi connectivity index (χ4v) is 5.16. The molecule has 1 fully saturated rings. The van der Waals surface area contributed by atoms with Crippen LogP contribution >= 0.6 is 23.4 Å². The Hall–Kier alpha value is -2.31. The number of carbonyl (C=O) groups excluding carboxylic acids is 2. The molecule has 0 aliphatic carbocycles. The topological polar surface area (TPSA) is 65.0 Å². The van der Waals surface area contributed by atoms with Crippen LogP contribution in [0.1, 0.15) is 12.0 Å². The van der Waals surface area contributed by atoms with Crippen LogP contribution in [0, 0.1) is 5.92 Å². The SMILES string of the molecule is COC(=O)[C@H]1C[C@]2(c3ccccc3)OC(=O)[C@@]1(Sc1ccccc1)N=C2Cl. The van der Waals surface area contributed by atoms with Crippen molar-refractivity contribution in [1.29, 1.82) is 0 Å². The van der Waals surface area contributed by atoms with Crippen molar-refractivity contribution in [2.45, 2.75) is 21.8 Å². The predicted molar refractivity (Wildman–Crippen MR) is 103 cm³/mol. The highest BCUT2D eigenvalue weighted by atomic mass is 35.5. The Morgan fingerprint density at radius 1 is 1.19 bits per heavy atom. The van der Waals surface area contributed by atoms with Gasteiger partial charge >= 0.3 is 11.9 Å². The molecule has 3 aliphatic heterocycles. The summed E-state index contributed by atoms with van der Waals surface area (Å²) in [5, 5.41) is 0.164. The van der Waals surface area contributed by atoms with Gasteiger partial charge in [0.05, 0.1) is 7.11 Å². The van der Waals surface area contributed by atoms with Crippen LogP contribution in [0.5, 0.6) is 0 Å². The van der Waals surface area contributed by atoms with Crippen molar-refractivity contribution in [2.24, 2.45) is 10.9 Å². The summed E-state index contributed by atoms with van der Waals surface area (Å²) in [6.07, 6.45) is 0.178. The van der Waals surface area contributed by atoms with Crippen molar-refractivity contribution in [2.75, 3.05) is 7.11 Å². The molecule has 0 N–H and O–H groups in total. The van der Waals surface area contributed by atoms with Gasteiger partial charge in [0.15, 0.2) is 10.8 Å². The molecule has 0 amide bonds. The number of thioether (sulfide) groups is 1. The molecule has 3 aliphatic rings. The third kappa shape index (κ3) is 2.75. The minimum atomic E-state index is -1.50. The Kier molecular flexibility index (Phi) is 4.48. The number of hydrogen-bond donors (Lipinski definition) is 0. The van der Waals surface area contributed by atoms with Crippen LogP contribution < -0.4 is 0 Å². The number of hydrogen-bond acceptors (Lipinski definition) is 6. The molecule has 0 radical (unpaired) electrons. The normalized spacial score (nSPS) is 29.0. The fraction of sp³-hybridized carbons (Fsp3) is 0.250. The Morgan fingerprint density at radius 3 is 2.44 bits per heavy atom. The molecule has 0 aromatic heterocycles. The number of methoxy groups -OCH3 is 1. The van der Waals surface area contributed by atoms with E-state index in [1.807, 2.05) is 60.7 Å². The van der Waals surface area contributed by atoms with Crippen molar-refractivity contribution in [1.82, 2.24) is 0 Å². The van der Waals surface area contributed by atoms with Gasteiger partial charge in [0, 0.05) is 16.9 Å². The van der Waals surface area contributed by atoms with Gasteiger partial charge in [0.25, 0.3) is 0 Å². The van der Waals surface area contributed by atoms with E-state index in [9.17, 15) is 9.59 Å². The zero-order valence-corrected chi connectivity index (χ0v) is 16.0. The molecule has 2 aromatic carbocycles. The maximum atomic E-state index is 13.1. The van der Waals surface area contributed by atoms with Gasteiger partial charge in [0.2, 0.25) is 4.87 Å². The van der Waals surface area contributed by atoms with Crippen molar-refractivity contribution >= 4 is 40.5 Å². The van der Waals surface area contributed by atoms with Crippen LogP contribution in [0.4, 0.5) is 0 Å². The molecule has 0 unspecified atom stereocenters. The lowest BCUT2D eigenvalue weighted by Gasteiger charge is -2.50. The molecule has 27 heavy (non-hydrogen) atoms. The number of carbonyl (C=O) groups is 2. The van der Waals surface area contributed by atoms with Crippen LogP contribution in [-0.2, 0) is 24.7 Å². The molecule has 0 saturated carbocycles. The monoisotopic (exact) mass is 401 g/mol. The Labute approximate surface area is 165 Å². The van der Waals surface area contributed by atoms with Gasteiger partial charge in [-0.2, -0.15) is 0 Å². The summed E-state index contributed by atoms with van der Waals surface area (Å²) in [5.41, 5.74) is -0.586. The second-order valence-electron chi connectivity index (χ2n) is 6.38. The average Bonchev–Trinajstić information content (AvgIpc) is 2.70. The number of nitrogens with zero attached hydrogens (tertiary/aromatic N) is 1. The van der Waals surface area contributed by atoms with Crippen molar-refractivity contribution in [3.63, 3.8) is 0 Å². The molecule has 1 saturated heterocycles. The molecule has 138 valence electrons. The molecule has 7 heteroatoms. The smallest absolute Gasteiger partial charge is 0.347 e. The Bertz CT molecular complexity index is 920. The van der Waals surface area contributed by atoms with E-state index >= 15 is 0 Å². The Morgan fingerprint density at radius 2 is 1.81 bits per heavy atom. The summed E-state index contributed by atoms with van der Waals surface area (Å²) in [7, 11) is 1.30. The van der Waals surface area contributed by atoms with E-state index in [-0.39, 0.29) is 11.6 Å². The molecule has 2 bridgehead atoms. The molecule has 5 nitrogen and oxygen atoms in total. The second-order valence-corrected chi connectivity index (χ2v) is 8.03. The summed E-state index contributed by atoms with van der Waals surface area (Å²) in [6, 6.07) is 18.4. The van der Waals surface area contributed by atoms with Gasteiger partial charge in [-0.15, -0.1) is 0 Å². The molecular formula is C20H16ClNO4S. The first-order chi connectivity index (χ1) is 13.0. The van der Waals surface area contributed by atoms with Crippen LogP contribution in [-0.4, -0.2) is 29.1 Å². The molecule has 0 spiro atoms. The minimum Gasteiger partial charge on any atom is -0.469 e. The first-order valence-electron chi connectivity index (χ1n) is 8.38. The molecule has 3 atom stereocenters. The summed E-state index contributed by atoms with van der Waals surface area (Å²) in [4.78, 5) is 29.6. The standard InChI is InChI=1S/C20H16ClNO4S/c1-25-16(23)15-12-19(13-8-4-2-5-9-13)17(21)22-20(15,18(24)26-19)27-14-10-6-3-7-11-14/h2-11,15H,12H2,1H3/t15-,19-,20-/m1/s1. The fourth-order valence-electron chi connectivity index (χ4n) is 3.52. The number of benzene rings is 2. The summed E-state index contributed by atoms with van der Waals surface area (Å²) in [5.74, 6) is -1.92. The lowest BCUT2D eigenvalue weighted by molar-refractivity contribution is -0.179. The van der Waals surface area contributed by atoms with Crippen molar-refractivity contribution < 1.29 is 19.1 Å². The van der Waals surface area contributed by atoms with E-state index in [1.165, 1.54) is 7.11 Å². The highest BCUT2D eigenvalue weighted by Crippen LogP contribution is 2.56. The lowest BCUT2D eigenvalue weighted by atomic mass is 9.76. The summed E-state index contributed by atoms with van der Waals surface area (Å²) >= 11 is 7.71. The quantitative estimate of drug-likeness (QED) is 0.730. The number of rotatable bonds is 4. The molecular weight excluding hydrogens is 386 g/mol. The van der Waals surface area contributed by atoms with Gasteiger partial charge in [-0.3, -0.25) is 4.79 Å². The van der Waals surface area contributed by atoms with E-state index in [2.05, 4.69) is 4.99 Å². The minimum absolute atomic E-state index is 0.164. The Balaban J connectivity index is 1.87. The van der Waals surface area contributed by atoms with Crippen molar-refractivity contribution in [3.8, 4) is 0 Å². The van der Waals surface area contributed by atoms with Gasteiger partial charge in [-0.05, 0) is 12.1 Å². The van der Waals surface area contributed by atoms with Gasteiger partial charge in [-0.25, -0.2) is 9.79 Å². The zero-order valence-electron chi connectivity index (χ0n) is 14.4. The summed E-state index contributed by atoms with van der Waals surface area (Å²) < 4.78 is 10.8. The van der Waals surface area contributed by atoms with Gasteiger partial charge in [-0.1, -0.05) is 71.9 Å². The second kappa shape index (κ2) is 6.69. The van der Waals surface area contributed by atoms with Crippen LogP contribution in [0.3, 0.4) is 0 Å². The third-order valence-corrected chi connectivity index (χ3v) is 6.61. The maximum Gasteiger partial charge on any atom is 0.347 e. The highest BCUT2D eigenvalue weighted by Gasteiger charge is 2.67. The van der Waals surface area contributed by atoms with Gasteiger partial charge < -0.3 is 9.47 Å². The first kappa shape index (κ1) is 18.1. The maximum absolute atomic E-state index is 13.1. The van der Waals surface area contributed by atoms with E-state index in [4.69, 9.17) is 21.1 Å².